The Hall–Kier alpha value is -1.47. The second-order valence-corrected chi connectivity index (χ2v) is 7.92. The van der Waals surface area contributed by atoms with Gasteiger partial charge < -0.3 is 4.90 Å². The molecule has 1 heterocycles. The molecule has 1 aliphatic rings. The van der Waals surface area contributed by atoms with Crippen LogP contribution in [0.5, 0.6) is 0 Å². The van der Waals surface area contributed by atoms with Crippen LogP contribution >= 0.6 is 11.8 Å². The van der Waals surface area contributed by atoms with Gasteiger partial charge in [-0.15, -0.1) is 11.8 Å². The highest BCUT2D eigenvalue weighted by molar-refractivity contribution is 7.99. The lowest BCUT2D eigenvalue weighted by Gasteiger charge is -2.43. The van der Waals surface area contributed by atoms with Gasteiger partial charge >= 0.3 is 0 Å². The molecule has 0 aliphatic carbocycles. The van der Waals surface area contributed by atoms with Crippen molar-refractivity contribution in [3.8, 4) is 6.07 Å². The van der Waals surface area contributed by atoms with E-state index in [0.29, 0.717) is 6.54 Å². The van der Waals surface area contributed by atoms with Gasteiger partial charge in [0.1, 0.15) is 6.04 Å². The monoisotopic (exact) mass is 316 g/mol. The van der Waals surface area contributed by atoms with Gasteiger partial charge in [-0.2, -0.15) is 5.26 Å². The Morgan fingerprint density at radius 3 is 2.77 bits per heavy atom. The molecule has 0 spiro atoms. The fraction of sp³-hybridized carbons (Fsp3) is 0.556. The maximum atomic E-state index is 12.7. The Labute approximate surface area is 137 Å². The molecule has 1 amide bonds. The van der Waals surface area contributed by atoms with Crippen molar-refractivity contribution in [3.05, 3.63) is 35.9 Å². The molecule has 4 heteroatoms. The zero-order valence-electron chi connectivity index (χ0n) is 13.6. The van der Waals surface area contributed by atoms with Crippen molar-refractivity contribution in [1.82, 2.24) is 4.90 Å². The molecule has 22 heavy (non-hydrogen) atoms. The SMILES string of the molecule is C[C@@H](SCc1ccccc1)C(=O)N1CCCC(C)(C)[C@H]1C#N. The first-order valence-electron chi connectivity index (χ1n) is 7.81. The van der Waals surface area contributed by atoms with Crippen LogP contribution in [-0.4, -0.2) is 28.6 Å². The highest BCUT2D eigenvalue weighted by Gasteiger charge is 2.41. The van der Waals surface area contributed by atoms with Crippen LogP contribution in [-0.2, 0) is 10.5 Å². The maximum Gasteiger partial charge on any atom is 0.236 e. The number of carbonyl (C=O) groups is 1. The zero-order chi connectivity index (χ0) is 16.2. The van der Waals surface area contributed by atoms with Gasteiger partial charge in [0, 0.05) is 12.3 Å². The minimum atomic E-state index is -0.312. The topological polar surface area (TPSA) is 44.1 Å². The van der Waals surface area contributed by atoms with Gasteiger partial charge in [0.2, 0.25) is 5.91 Å². The summed E-state index contributed by atoms with van der Waals surface area (Å²) < 4.78 is 0. The van der Waals surface area contributed by atoms with E-state index in [1.165, 1.54) is 5.56 Å². The Balaban J connectivity index is 1.99. The molecule has 0 radical (unpaired) electrons. The summed E-state index contributed by atoms with van der Waals surface area (Å²) in [4.78, 5) is 14.5. The molecule has 1 aromatic carbocycles. The Morgan fingerprint density at radius 2 is 2.14 bits per heavy atom. The number of benzene rings is 1. The number of nitrogens with zero attached hydrogens (tertiary/aromatic N) is 2. The van der Waals surface area contributed by atoms with Crippen molar-refractivity contribution in [1.29, 1.82) is 5.26 Å². The Morgan fingerprint density at radius 1 is 1.45 bits per heavy atom. The predicted octanol–water partition coefficient (Wildman–Crippen LogP) is 3.85. The highest BCUT2D eigenvalue weighted by atomic mass is 32.2. The lowest BCUT2D eigenvalue weighted by molar-refractivity contribution is -0.135. The third kappa shape index (κ3) is 3.84. The Kier molecular flexibility index (Phi) is 5.52. The van der Waals surface area contributed by atoms with Gasteiger partial charge in [0.05, 0.1) is 11.3 Å². The van der Waals surface area contributed by atoms with Crippen LogP contribution in [0.2, 0.25) is 0 Å². The fourth-order valence-electron chi connectivity index (χ4n) is 2.97. The lowest BCUT2D eigenvalue weighted by atomic mass is 9.77. The minimum absolute atomic E-state index is 0.0975. The number of hydrogen-bond donors (Lipinski definition) is 0. The number of hydrogen-bond acceptors (Lipinski definition) is 3. The van der Waals surface area contributed by atoms with E-state index >= 15 is 0 Å². The number of thioether (sulfide) groups is 1. The van der Waals surface area contributed by atoms with E-state index in [1.54, 1.807) is 16.7 Å². The van der Waals surface area contributed by atoms with Crippen molar-refractivity contribution < 1.29 is 4.79 Å². The lowest BCUT2D eigenvalue weighted by Crippen LogP contribution is -2.53. The number of rotatable bonds is 4. The molecule has 1 fully saturated rings. The summed E-state index contributed by atoms with van der Waals surface area (Å²) in [5.74, 6) is 0.919. The van der Waals surface area contributed by atoms with E-state index in [4.69, 9.17) is 0 Å². The van der Waals surface area contributed by atoms with Gasteiger partial charge in [-0.3, -0.25) is 4.79 Å². The number of likely N-dealkylation sites (tertiary alicyclic amines) is 1. The molecule has 1 saturated heterocycles. The first kappa shape index (κ1) is 16.9. The van der Waals surface area contributed by atoms with E-state index in [2.05, 4.69) is 32.0 Å². The van der Waals surface area contributed by atoms with Crippen LogP contribution in [0.3, 0.4) is 0 Å². The van der Waals surface area contributed by atoms with Crippen LogP contribution in [0.1, 0.15) is 39.2 Å². The summed E-state index contributed by atoms with van der Waals surface area (Å²) in [6, 6.07) is 12.2. The second-order valence-electron chi connectivity index (χ2n) is 6.59. The molecule has 3 nitrogen and oxygen atoms in total. The Bertz CT molecular complexity index is 550. The van der Waals surface area contributed by atoms with E-state index in [0.717, 1.165) is 18.6 Å². The van der Waals surface area contributed by atoms with Gasteiger partial charge in [0.25, 0.3) is 0 Å². The van der Waals surface area contributed by atoms with Crippen molar-refractivity contribution in [3.63, 3.8) is 0 Å². The first-order valence-corrected chi connectivity index (χ1v) is 8.86. The number of nitriles is 1. The summed E-state index contributed by atoms with van der Waals surface area (Å²) >= 11 is 1.64. The highest BCUT2D eigenvalue weighted by Crippen LogP contribution is 2.35. The summed E-state index contributed by atoms with van der Waals surface area (Å²) in [7, 11) is 0. The van der Waals surface area contributed by atoms with Gasteiger partial charge in [0.15, 0.2) is 0 Å². The van der Waals surface area contributed by atoms with E-state index in [9.17, 15) is 10.1 Å². The molecule has 0 bridgehead atoms. The fourth-order valence-corrected chi connectivity index (χ4v) is 3.89. The minimum Gasteiger partial charge on any atom is -0.325 e. The largest absolute Gasteiger partial charge is 0.325 e. The van der Waals surface area contributed by atoms with E-state index in [1.807, 2.05) is 25.1 Å². The summed E-state index contributed by atoms with van der Waals surface area (Å²) in [6.45, 7) is 6.83. The number of amides is 1. The molecule has 0 unspecified atom stereocenters. The van der Waals surface area contributed by atoms with Crippen LogP contribution in [0.15, 0.2) is 30.3 Å². The average Bonchev–Trinajstić information content (AvgIpc) is 2.51. The number of carbonyl (C=O) groups excluding carboxylic acids is 1. The van der Waals surface area contributed by atoms with Crippen molar-refractivity contribution in [2.45, 2.75) is 50.7 Å². The molecular formula is C18H24N2OS. The van der Waals surface area contributed by atoms with Crippen LogP contribution in [0.4, 0.5) is 0 Å². The van der Waals surface area contributed by atoms with E-state index < -0.39 is 0 Å². The standard InChI is InChI=1S/C18H24N2OS/c1-14(22-13-15-8-5-4-6-9-15)17(21)20-11-7-10-18(2,3)16(20)12-19/h4-6,8-9,14,16H,7,10-11,13H2,1-3H3/t14-,16-/m1/s1. The predicted molar refractivity (Wildman–Crippen MR) is 91.3 cm³/mol. The van der Waals surface area contributed by atoms with Crippen molar-refractivity contribution in [2.75, 3.05) is 6.54 Å². The van der Waals surface area contributed by atoms with Gasteiger partial charge in [-0.25, -0.2) is 0 Å². The first-order chi connectivity index (χ1) is 10.5. The summed E-state index contributed by atoms with van der Waals surface area (Å²) in [6.07, 6.45) is 1.98. The van der Waals surface area contributed by atoms with E-state index in [-0.39, 0.29) is 22.6 Å². The van der Waals surface area contributed by atoms with Gasteiger partial charge in [-0.05, 0) is 30.7 Å². The molecular weight excluding hydrogens is 292 g/mol. The summed E-state index contributed by atoms with van der Waals surface area (Å²) in [5, 5.41) is 9.36. The quantitative estimate of drug-likeness (QED) is 0.847. The third-order valence-electron chi connectivity index (χ3n) is 4.37. The molecule has 1 aliphatic heterocycles. The normalized spacial score (nSPS) is 21.9. The van der Waals surface area contributed by atoms with Crippen molar-refractivity contribution in [2.24, 2.45) is 5.41 Å². The molecule has 1 aromatic rings. The zero-order valence-corrected chi connectivity index (χ0v) is 14.4. The second kappa shape index (κ2) is 7.19. The van der Waals surface area contributed by atoms with Crippen LogP contribution < -0.4 is 0 Å². The molecule has 2 atom stereocenters. The molecule has 2 rings (SSSR count). The average molecular weight is 316 g/mol. The van der Waals surface area contributed by atoms with Crippen LogP contribution in [0.25, 0.3) is 0 Å². The molecule has 0 saturated carbocycles. The van der Waals surface area contributed by atoms with Crippen molar-refractivity contribution >= 4 is 17.7 Å². The van der Waals surface area contributed by atoms with Crippen LogP contribution in [0, 0.1) is 16.7 Å². The van der Waals surface area contributed by atoms with Gasteiger partial charge in [-0.1, -0.05) is 44.2 Å². The molecule has 0 aromatic heterocycles. The maximum absolute atomic E-state index is 12.7. The number of piperidine rings is 1. The third-order valence-corrected chi connectivity index (χ3v) is 5.57. The molecule has 118 valence electrons. The summed E-state index contributed by atoms with van der Waals surface area (Å²) in [5.41, 5.74) is 1.11. The smallest absolute Gasteiger partial charge is 0.236 e. The molecule has 0 N–H and O–H groups in total.